The molecule has 1 aliphatic rings. The molecule has 0 atom stereocenters. The third-order valence-corrected chi connectivity index (χ3v) is 5.19. The van der Waals surface area contributed by atoms with Crippen LogP contribution in [0.1, 0.15) is 5.56 Å². The fourth-order valence-corrected chi connectivity index (χ4v) is 3.89. The number of terminal acetylenes is 1. The molecule has 136 valence electrons. The number of thioether (sulfide) groups is 1. The summed E-state index contributed by atoms with van der Waals surface area (Å²) in [6.45, 7) is 0.116. The summed E-state index contributed by atoms with van der Waals surface area (Å²) in [5.74, 6) is 2.67. The van der Waals surface area contributed by atoms with E-state index >= 15 is 0 Å². The zero-order chi connectivity index (χ0) is 19.5. The van der Waals surface area contributed by atoms with Crippen LogP contribution in [0, 0.1) is 12.3 Å². The third kappa shape index (κ3) is 3.26. The molecule has 2 amide bonds. The average molecular weight is 385 g/mol. The quantitative estimate of drug-likeness (QED) is 0.463. The van der Waals surface area contributed by atoms with Crippen molar-refractivity contribution in [3.63, 3.8) is 0 Å². The first-order valence-electron chi connectivity index (χ1n) is 8.60. The fourth-order valence-electron chi connectivity index (χ4n) is 3.07. The van der Waals surface area contributed by atoms with Crippen molar-refractivity contribution >= 4 is 45.4 Å². The number of carbonyl (C=O) groups is 2. The maximum absolute atomic E-state index is 12.9. The monoisotopic (exact) mass is 385 g/mol. The molecule has 0 N–H and O–H groups in total. The maximum atomic E-state index is 12.9. The van der Waals surface area contributed by atoms with E-state index in [0.29, 0.717) is 16.3 Å². The molecular weight excluding hydrogens is 370 g/mol. The van der Waals surface area contributed by atoms with Crippen LogP contribution in [0.5, 0.6) is 5.75 Å². The number of nitrogens with zero attached hydrogens (tertiary/aromatic N) is 1. The molecule has 0 unspecified atom stereocenters. The number of ether oxygens (including phenoxy) is 1. The fraction of sp³-hybridized carbons (Fsp3) is 0.0435. The topological polar surface area (TPSA) is 46.6 Å². The van der Waals surface area contributed by atoms with E-state index in [-0.39, 0.29) is 17.8 Å². The molecule has 0 aliphatic carbocycles. The molecule has 1 saturated heterocycles. The molecule has 5 heteroatoms. The summed E-state index contributed by atoms with van der Waals surface area (Å²) in [5, 5.41) is 1.60. The average Bonchev–Trinajstić information content (AvgIpc) is 3.01. The van der Waals surface area contributed by atoms with Gasteiger partial charge in [-0.15, -0.1) is 6.42 Å². The number of para-hydroxylation sites is 1. The molecule has 0 radical (unpaired) electrons. The first-order chi connectivity index (χ1) is 13.7. The van der Waals surface area contributed by atoms with Crippen molar-refractivity contribution in [1.29, 1.82) is 0 Å². The summed E-state index contributed by atoms with van der Waals surface area (Å²) in [5.41, 5.74) is 1.28. The van der Waals surface area contributed by atoms with Gasteiger partial charge in [0.1, 0.15) is 12.4 Å². The standard InChI is InChI=1S/C23H15NO3S/c1-2-14-27-20-13-12-16-8-6-7-11-18(16)19(20)15-21-22(25)24(23(26)28-21)17-9-4-3-5-10-17/h1,3-13,15H,14H2. The summed E-state index contributed by atoms with van der Waals surface area (Å²) >= 11 is 0.915. The summed E-state index contributed by atoms with van der Waals surface area (Å²) in [6.07, 6.45) is 7.04. The lowest BCUT2D eigenvalue weighted by Gasteiger charge is -2.12. The number of benzene rings is 3. The zero-order valence-electron chi connectivity index (χ0n) is 14.8. The molecule has 1 fully saturated rings. The number of imide groups is 1. The van der Waals surface area contributed by atoms with Crippen LogP contribution in [0.2, 0.25) is 0 Å². The van der Waals surface area contributed by atoms with Gasteiger partial charge in [-0.25, -0.2) is 4.90 Å². The summed E-state index contributed by atoms with van der Waals surface area (Å²) < 4.78 is 5.68. The molecule has 4 nitrogen and oxygen atoms in total. The lowest BCUT2D eigenvalue weighted by molar-refractivity contribution is -0.113. The number of rotatable bonds is 4. The number of fused-ring (bicyclic) bond motifs is 1. The number of hydrogen-bond acceptors (Lipinski definition) is 4. The highest BCUT2D eigenvalue weighted by Gasteiger charge is 2.36. The highest BCUT2D eigenvalue weighted by Crippen LogP contribution is 2.38. The Kier molecular flexibility index (Phi) is 4.88. The summed E-state index contributed by atoms with van der Waals surface area (Å²) in [4.78, 5) is 26.9. The highest BCUT2D eigenvalue weighted by atomic mass is 32.2. The van der Waals surface area contributed by atoms with Gasteiger partial charge in [0.05, 0.1) is 10.6 Å². The van der Waals surface area contributed by atoms with Crippen molar-refractivity contribution in [2.75, 3.05) is 11.5 Å². The van der Waals surface area contributed by atoms with E-state index in [1.165, 1.54) is 4.90 Å². The van der Waals surface area contributed by atoms with E-state index in [1.54, 1.807) is 30.3 Å². The Bertz CT molecular complexity index is 1150. The molecule has 1 heterocycles. The molecular formula is C23H15NO3S. The molecule has 0 aromatic heterocycles. The Labute approximate surface area is 166 Å². The maximum Gasteiger partial charge on any atom is 0.298 e. The molecule has 28 heavy (non-hydrogen) atoms. The lowest BCUT2D eigenvalue weighted by atomic mass is 10.0. The smallest absolute Gasteiger partial charge is 0.298 e. The molecule has 3 aromatic rings. The molecule has 0 spiro atoms. The van der Waals surface area contributed by atoms with Crippen molar-refractivity contribution in [3.8, 4) is 18.1 Å². The van der Waals surface area contributed by atoms with Crippen LogP contribution >= 0.6 is 11.8 Å². The minimum absolute atomic E-state index is 0.116. The minimum Gasteiger partial charge on any atom is -0.480 e. The van der Waals surface area contributed by atoms with Gasteiger partial charge >= 0.3 is 0 Å². The predicted octanol–water partition coefficient (Wildman–Crippen LogP) is 5.09. The van der Waals surface area contributed by atoms with Gasteiger partial charge in [-0.1, -0.05) is 54.5 Å². The van der Waals surface area contributed by atoms with Crippen LogP contribution in [0.25, 0.3) is 16.8 Å². The van der Waals surface area contributed by atoms with Crippen molar-refractivity contribution in [3.05, 3.63) is 77.2 Å². The summed E-state index contributed by atoms with van der Waals surface area (Å²) in [7, 11) is 0. The van der Waals surface area contributed by atoms with E-state index in [9.17, 15) is 9.59 Å². The van der Waals surface area contributed by atoms with Gasteiger partial charge in [0, 0.05) is 5.56 Å². The van der Waals surface area contributed by atoms with Crippen LogP contribution in [-0.2, 0) is 4.79 Å². The molecule has 4 rings (SSSR count). The predicted molar refractivity (Wildman–Crippen MR) is 113 cm³/mol. The van der Waals surface area contributed by atoms with E-state index in [2.05, 4.69) is 5.92 Å². The van der Waals surface area contributed by atoms with Crippen LogP contribution in [0.4, 0.5) is 10.5 Å². The van der Waals surface area contributed by atoms with Crippen LogP contribution in [-0.4, -0.2) is 17.8 Å². The van der Waals surface area contributed by atoms with Crippen molar-refractivity contribution < 1.29 is 14.3 Å². The second kappa shape index (κ2) is 7.63. The van der Waals surface area contributed by atoms with Crippen molar-refractivity contribution in [2.24, 2.45) is 0 Å². The normalized spacial score (nSPS) is 15.2. The Morgan fingerprint density at radius 1 is 1.00 bits per heavy atom. The Morgan fingerprint density at radius 3 is 2.54 bits per heavy atom. The minimum atomic E-state index is -0.350. The van der Waals surface area contributed by atoms with Crippen LogP contribution < -0.4 is 9.64 Å². The van der Waals surface area contributed by atoms with Gasteiger partial charge in [-0.3, -0.25) is 9.59 Å². The second-order valence-electron chi connectivity index (χ2n) is 6.04. The number of hydrogen-bond donors (Lipinski definition) is 0. The van der Waals surface area contributed by atoms with Gasteiger partial charge in [0.25, 0.3) is 11.1 Å². The van der Waals surface area contributed by atoms with Gasteiger partial charge < -0.3 is 4.74 Å². The van der Waals surface area contributed by atoms with Gasteiger partial charge in [0.2, 0.25) is 0 Å². The Hall–Kier alpha value is -3.49. The third-order valence-electron chi connectivity index (χ3n) is 4.33. The van der Waals surface area contributed by atoms with E-state index in [1.807, 2.05) is 42.5 Å². The number of amides is 2. The van der Waals surface area contributed by atoms with E-state index in [0.717, 1.165) is 28.1 Å². The largest absolute Gasteiger partial charge is 0.480 e. The zero-order valence-corrected chi connectivity index (χ0v) is 15.6. The molecule has 1 aliphatic heterocycles. The Morgan fingerprint density at radius 2 is 1.75 bits per heavy atom. The Balaban J connectivity index is 1.80. The first kappa shape index (κ1) is 17.9. The second-order valence-corrected chi connectivity index (χ2v) is 7.04. The van der Waals surface area contributed by atoms with Crippen LogP contribution in [0.3, 0.4) is 0 Å². The highest BCUT2D eigenvalue weighted by molar-refractivity contribution is 8.19. The van der Waals surface area contributed by atoms with E-state index in [4.69, 9.17) is 11.2 Å². The first-order valence-corrected chi connectivity index (χ1v) is 9.41. The molecule has 3 aromatic carbocycles. The van der Waals surface area contributed by atoms with Gasteiger partial charge in [0.15, 0.2) is 0 Å². The van der Waals surface area contributed by atoms with Crippen molar-refractivity contribution in [2.45, 2.75) is 0 Å². The van der Waals surface area contributed by atoms with Crippen LogP contribution in [0.15, 0.2) is 71.6 Å². The SMILES string of the molecule is C#CCOc1ccc2ccccc2c1C=C1SC(=O)N(c2ccccc2)C1=O. The molecule has 0 bridgehead atoms. The van der Waals surface area contributed by atoms with E-state index < -0.39 is 0 Å². The summed E-state index contributed by atoms with van der Waals surface area (Å²) in [6, 6.07) is 20.4. The number of anilines is 1. The number of carbonyl (C=O) groups excluding carboxylic acids is 2. The van der Waals surface area contributed by atoms with Gasteiger partial charge in [-0.2, -0.15) is 0 Å². The molecule has 0 saturated carbocycles. The van der Waals surface area contributed by atoms with Gasteiger partial charge in [-0.05, 0) is 46.8 Å². The van der Waals surface area contributed by atoms with Crippen molar-refractivity contribution in [1.82, 2.24) is 0 Å². The lowest BCUT2D eigenvalue weighted by Crippen LogP contribution is -2.27.